The first-order valence-corrected chi connectivity index (χ1v) is 8.28. The number of aryl methyl sites for hydroxylation is 1. The highest BCUT2D eigenvalue weighted by atomic mass is 35.5. The Morgan fingerprint density at radius 3 is 2.29 bits per heavy atom. The van der Waals surface area contributed by atoms with E-state index in [9.17, 15) is 8.42 Å². The van der Waals surface area contributed by atoms with E-state index in [2.05, 4.69) is 0 Å². The van der Waals surface area contributed by atoms with Crippen molar-refractivity contribution < 1.29 is 13.2 Å². The molecule has 2 N–H and O–H groups in total. The zero-order chi connectivity index (χ0) is 15.6. The van der Waals surface area contributed by atoms with Gasteiger partial charge in [-0.2, -0.15) is 0 Å². The topological polar surface area (TPSA) is 69.4 Å². The molecule has 0 spiro atoms. The minimum Gasteiger partial charge on any atom is -0.486 e. The van der Waals surface area contributed by atoms with Crippen LogP contribution in [-0.4, -0.2) is 8.42 Å². The summed E-state index contributed by atoms with van der Waals surface area (Å²) in [4.78, 5) is -0.152. The van der Waals surface area contributed by atoms with Crippen molar-refractivity contribution >= 4 is 33.2 Å². The minimum absolute atomic E-state index is 0.0965. The summed E-state index contributed by atoms with van der Waals surface area (Å²) in [5.74, 6) is 0.229. The third kappa shape index (κ3) is 4.11. The van der Waals surface area contributed by atoms with E-state index in [0.717, 1.165) is 11.1 Å². The van der Waals surface area contributed by atoms with Crippen molar-refractivity contribution in [2.75, 3.05) is 0 Å². The van der Waals surface area contributed by atoms with E-state index < -0.39 is 10.0 Å². The Morgan fingerprint density at radius 1 is 1.14 bits per heavy atom. The standard InChI is InChI=1S/C14H13Cl2NO3S/c1-9-3-2-4-10(5-9)8-20-14-12(15)6-11(7-13(14)16)21(17,18)19/h2-7H,8H2,1H3,(H2,17,18,19). The summed E-state index contributed by atoms with van der Waals surface area (Å²) in [5.41, 5.74) is 2.07. The van der Waals surface area contributed by atoms with Gasteiger partial charge in [0.15, 0.2) is 5.75 Å². The fraction of sp³-hybridized carbons (Fsp3) is 0.143. The largest absolute Gasteiger partial charge is 0.486 e. The third-order valence-corrected chi connectivity index (χ3v) is 4.22. The Hall–Kier alpha value is -1.27. The van der Waals surface area contributed by atoms with Crippen molar-refractivity contribution in [3.63, 3.8) is 0 Å². The molecule has 2 aromatic carbocycles. The Balaban J connectivity index is 2.25. The highest BCUT2D eigenvalue weighted by molar-refractivity contribution is 7.89. The normalized spacial score (nSPS) is 11.4. The molecule has 0 aromatic heterocycles. The predicted octanol–water partition coefficient (Wildman–Crippen LogP) is 3.53. The highest BCUT2D eigenvalue weighted by Crippen LogP contribution is 2.35. The van der Waals surface area contributed by atoms with E-state index in [1.807, 2.05) is 31.2 Å². The molecule has 21 heavy (non-hydrogen) atoms. The Kier molecular flexibility index (Phi) is 4.78. The summed E-state index contributed by atoms with van der Waals surface area (Å²) in [7, 11) is -3.86. The fourth-order valence-corrected chi connectivity index (χ4v) is 3.09. The lowest BCUT2D eigenvalue weighted by Crippen LogP contribution is -2.12. The van der Waals surface area contributed by atoms with Gasteiger partial charge in [0.25, 0.3) is 0 Å². The van der Waals surface area contributed by atoms with Crippen LogP contribution in [0, 0.1) is 6.92 Å². The van der Waals surface area contributed by atoms with Crippen LogP contribution in [0.5, 0.6) is 5.75 Å². The molecule has 0 fully saturated rings. The molecular formula is C14H13Cl2NO3S. The first-order valence-electron chi connectivity index (χ1n) is 5.97. The molecule has 0 aliphatic carbocycles. The van der Waals surface area contributed by atoms with Crippen LogP contribution in [0.1, 0.15) is 11.1 Å². The van der Waals surface area contributed by atoms with Crippen LogP contribution >= 0.6 is 23.2 Å². The highest BCUT2D eigenvalue weighted by Gasteiger charge is 2.15. The van der Waals surface area contributed by atoms with Gasteiger partial charge >= 0.3 is 0 Å². The number of primary sulfonamides is 1. The lowest BCUT2D eigenvalue weighted by molar-refractivity contribution is 0.306. The van der Waals surface area contributed by atoms with Gasteiger partial charge < -0.3 is 4.74 Å². The van der Waals surface area contributed by atoms with Crippen LogP contribution in [-0.2, 0) is 16.6 Å². The molecule has 0 aliphatic rings. The van der Waals surface area contributed by atoms with Gasteiger partial charge in [-0.3, -0.25) is 0 Å². The number of benzene rings is 2. The first-order chi connectivity index (χ1) is 9.77. The van der Waals surface area contributed by atoms with E-state index in [4.69, 9.17) is 33.1 Å². The molecule has 7 heteroatoms. The number of nitrogens with two attached hydrogens (primary N) is 1. The second kappa shape index (κ2) is 6.23. The average molecular weight is 346 g/mol. The van der Waals surface area contributed by atoms with Gasteiger partial charge in [0.1, 0.15) is 6.61 Å². The van der Waals surface area contributed by atoms with Crippen molar-refractivity contribution in [2.24, 2.45) is 5.14 Å². The molecule has 0 amide bonds. The van der Waals surface area contributed by atoms with E-state index in [1.165, 1.54) is 12.1 Å². The second-order valence-electron chi connectivity index (χ2n) is 4.54. The van der Waals surface area contributed by atoms with Gasteiger partial charge in [0.2, 0.25) is 10.0 Å². The van der Waals surface area contributed by atoms with Crippen molar-refractivity contribution in [1.29, 1.82) is 0 Å². The summed E-state index contributed by atoms with van der Waals surface area (Å²) in [6.45, 7) is 2.25. The second-order valence-corrected chi connectivity index (χ2v) is 6.91. The first kappa shape index (κ1) is 16.1. The Morgan fingerprint density at radius 2 is 1.76 bits per heavy atom. The molecule has 4 nitrogen and oxygen atoms in total. The molecule has 0 heterocycles. The van der Waals surface area contributed by atoms with Gasteiger partial charge in [-0.25, -0.2) is 13.6 Å². The van der Waals surface area contributed by atoms with Gasteiger partial charge in [-0.15, -0.1) is 0 Å². The fourth-order valence-electron chi connectivity index (χ4n) is 1.80. The monoisotopic (exact) mass is 345 g/mol. The number of halogens is 2. The molecule has 2 rings (SSSR count). The van der Waals surface area contributed by atoms with Gasteiger partial charge in [0.05, 0.1) is 14.9 Å². The molecule has 0 atom stereocenters. The number of hydrogen-bond donors (Lipinski definition) is 1. The Labute approximate surface area is 133 Å². The lowest BCUT2D eigenvalue weighted by atomic mass is 10.1. The minimum atomic E-state index is -3.86. The van der Waals surface area contributed by atoms with Crippen LogP contribution < -0.4 is 9.88 Å². The maximum absolute atomic E-state index is 11.3. The van der Waals surface area contributed by atoms with Crippen LogP contribution in [0.15, 0.2) is 41.3 Å². The van der Waals surface area contributed by atoms with E-state index in [0.29, 0.717) is 0 Å². The van der Waals surface area contributed by atoms with E-state index in [1.54, 1.807) is 0 Å². The zero-order valence-corrected chi connectivity index (χ0v) is 13.5. The summed E-state index contributed by atoms with van der Waals surface area (Å²) < 4.78 is 28.1. The predicted molar refractivity (Wildman–Crippen MR) is 83.3 cm³/mol. The van der Waals surface area contributed by atoms with Gasteiger partial charge in [-0.1, -0.05) is 53.0 Å². The molecule has 0 radical (unpaired) electrons. The Bertz CT molecular complexity index is 753. The van der Waals surface area contributed by atoms with Crippen LogP contribution in [0.3, 0.4) is 0 Å². The summed E-state index contributed by atoms with van der Waals surface area (Å²) in [6.07, 6.45) is 0. The third-order valence-electron chi connectivity index (χ3n) is 2.77. The van der Waals surface area contributed by atoms with Crippen molar-refractivity contribution in [3.05, 3.63) is 57.6 Å². The maximum atomic E-state index is 11.3. The summed E-state index contributed by atoms with van der Waals surface area (Å²) >= 11 is 12.0. The van der Waals surface area contributed by atoms with Crippen LogP contribution in [0.25, 0.3) is 0 Å². The zero-order valence-electron chi connectivity index (χ0n) is 11.1. The maximum Gasteiger partial charge on any atom is 0.238 e. The van der Waals surface area contributed by atoms with Crippen molar-refractivity contribution in [3.8, 4) is 5.75 Å². The number of hydrogen-bond acceptors (Lipinski definition) is 3. The molecule has 0 saturated heterocycles. The van der Waals surface area contributed by atoms with Gasteiger partial charge in [0, 0.05) is 0 Å². The van der Waals surface area contributed by atoms with Crippen LogP contribution in [0.4, 0.5) is 0 Å². The van der Waals surface area contributed by atoms with E-state index >= 15 is 0 Å². The average Bonchev–Trinajstić information content (AvgIpc) is 2.36. The smallest absolute Gasteiger partial charge is 0.238 e. The molecular weight excluding hydrogens is 333 g/mol. The molecule has 0 aliphatic heterocycles. The van der Waals surface area contributed by atoms with Crippen LogP contribution in [0.2, 0.25) is 10.0 Å². The summed E-state index contributed by atoms with van der Waals surface area (Å²) in [6, 6.07) is 10.2. The van der Waals surface area contributed by atoms with Gasteiger partial charge in [-0.05, 0) is 24.6 Å². The molecule has 0 saturated carbocycles. The van der Waals surface area contributed by atoms with Crippen molar-refractivity contribution in [2.45, 2.75) is 18.4 Å². The number of ether oxygens (including phenoxy) is 1. The molecule has 112 valence electrons. The quantitative estimate of drug-likeness (QED) is 0.921. The molecule has 2 aromatic rings. The number of rotatable bonds is 4. The molecule has 0 unspecified atom stereocenters. The molecule has 0 bridgehead atoms. The van der Waals surface area contributed by atoms with E-state index in [-0.39, 0.29) is 27.3 Å². The summed E-state index contributed by atoms with van der Waals surface area (Å²) in [5, 5.41) is 5.23. The number of sulfonamides is 1. The van der Waals surface area contributed by atoms with Crippen molar-refractivity contribution in [1.82, 2.24) is 0 Å². The SMILES string of the molecule is Cc1cccc(COc2c(Cl)cc(S(N)(=O)=O)cc2Cl)c1. The lowest BCUT2D eigenvalue weighted by Gasteiger charge is -2.11.